The Morgan fingerprint density at radius 3 is 2.37 bits per heavy atom. The van der Waals surface area contributed by atoms with Crippen molar-refractivity contribution in [3.63, 3.8) is 0 Å². The first kappa shape index (κ1) is 14.4. The topological polar surface area (TPSA) is 38.0 Å². The van der Waals surface area contributed by atoms with Gasteiger partial charge in [0.25, 0.3) is 0 Å². The fourth-order valence-electron chi connectivity index (χ4n) is 1.56. The molecule has 2 aromatic rings. The Balaban J connectivity index is 2.37. The second-order valence-electron chi connectivity index (χ2n) is 3.81. The van der Waals surface area contributed by atoms with Crippen LogP contribution in [-0.2, 0) is 0 Å². The van der Waals surface area contributed by atoms with Crippen LogP contribution < -0.4 is 11.1 Å². The van der Waals surface area contributed by atoms with Crippen LogP contribution in [0.3, 0.4) is 0 Å². The molecule has 0 aliphatic carbocycles. The summed E-state index contributed by atoms with van der Waals surface area (Å²) in [6.45, 7) is 0. The van der Waals surface area contributed by atoms with Gasteiger partial charge >= 0.3 is 0 Å². The Bertz CT molecular complexity index is 644. The molecule has 0 amide bonds. The fraction of sp³-hybridized carbons (Fsp3) is 0. The first-order valence-corrected chi connectivity index (χ1v) is 6.83. The molecule has 0 bridgehead atoms. The average molecular weight is 332 g/mol. The maximum atomic E-state index is 5.96. The highest BCUT2D eigenvalue weighted by atomic mass is 35.5. The van der Waals surface area contributed by atoms with Crippen LogP contribution in [0.15, 0.2) is 36.4 Å². The van der Waals surface area contributed by atoms with E-state index < -0.39 is 0 Å². The molecular formula is C13H9Cl3N2S. The van der Waals surface area contributed by atoms with Crippen LogP contribution in [0.2, 0.25) is 15.1 Å². The maximum Gasteiger partial charge on any atom is 0.106 e. The second-order valence-corrected chi connectivity index (χ2v) is 5.50. The van der Waals surface area contributed by atoms with Gasteiger partial charge < -0.3 is 11.1 Å². The molecule has 0 atom stereocenters. The standard InChI is InChI=1S/C13H9Cl3N2S/c14-7-1-4-12(9(5-7)13(17)19)18-8-2-3-10(15)11(16)6-8/h1-6,18H,(H2,17,19). The smallest absolute Gasteiger partial charge is 0.106 e. The third kappa shape index (κ3) is 3.51. The second kappa shape index (κ2) is 5.97. The fourth-order valence-corrected chi connectivity index (χ4v) is 2.20. The van der Waals surface area contributed by atoms with E-state index in [1.54, 1.807) is 30.3 Å². The third-order valence-corrected chi connectivity index (χ3v) is 3.64. The Labute approximate surface area is 131 Å². The van der Waals surface area contributed by atoms with Crippen LogP contribution in [0.1, 0.15) is 5.56 Å². The van der Waals surface area contributed by atoms with Gasteiger partial charge in [-0.15, -0.1) is 0 Å². The summed E-state index contributed by atoms with van der Waals surface area (Å²) in [4.78, 5) is 0.269. The molecule has 2 nitrogen and oxygen atoms in total. The average Bonchev–Trinajstić information content (AvgIpc) is 2.36. The number of halogens is 3. The number of hydrogen-bond acceptors (Lipinski definition) is 2. The molecule has 6 heteroatoms. The number of anilines is 2. The number of nitrogens with two attached hydrogens (primary N) is 1. The molecule has 2 rings (SSSR count). The summed E-state index contributed by atoms with van der Waals surface area (Å²) in [6.07, 6.45) is 0. The van der Waals surface area contributed by atoms with Gasteiger partial charge in [-0.3, -0.25) is 0 Å². The minimum atomic E-state index is 0.269. The van der Waals surface area contributed by atoms with Crippen LogP contribution in [0, 0.1) is 0 Å². The molecule has 19 heavy (non-hydrogen) atoms. The third-order valence-electron chi connectivity index (χ3n) is 2.45. The number of hydrogen-bond donors (Lipinski definition) is 2. The SMILES string of the molecule is NC(=S)c1cc(Cl)ccc1Nc1ccc(Cl)c(Cl)c1. The molecule has 2 aromatic carbocycles. The number of thiocarbonyl (C=S) groups is 1. The zero-order chi connectivity index (χ0) is 14.0. The lowest BCUT2D eigenvalue weighted by molar-refractivity contribution is 1.52. The molecule has 0 aromatic heterocycles. The number of benzene rings is 2. The van der Waals surface area contributed by atoms with Crippen LogP contribution in [0.25, 0.3) is 0 Å². The van der Waals surface area contributed by atoms with E-state index in [0.717, 1.165) is 11.4 Å². The zero-order valence-corrected chi connectivity index (χ0v) is 12.7. The summed E-state index contributed by atoms with van der Waals surface area (Å²) < 4.78 is 0. The summed E-state index contributed by atoms with van der Waals surface area (Å²) in [6, 6.07) is 10.5. The first-order chi connectivity index (χ1) is 8.97. The molecule has 0 fully saturated rings. The summed E-state index contributed by atoms with van der Waals surface area (Å²) in [7, 11) is 0. The minimum Gasteiger partial charge on any atom is -0.389 e. The van der Waals surface area contributed by atoms with E-state index in [1.807, 2.05) is 6.07 Å². The molecule has 0 aliphatic rings. The van der Waals surface area contributed by atoms with Crippen molar-refractivity contribution in [2.75, 3.05) is 5.32 Å². The van der Waals surface area contributed by atoms with E-state index in [4.69, 9.17) is 52.8 Å². The molecule has 98 valence electrons. The van der Waals surface area contributed by atoms with Gasteiger partial charge in [0, 0.05) is 22.0 Å². The van der Waals surface area contributed by atoms with E-state index >= 15 is 0 Å². The minimum absolute atomic E-state index is 0.269. The van der Waals surface area contributed by atoms with Crippen molar-refractivity contribution in [2.45, 2.75) is 0 Å². The summed E-state index contributed by atoms with van der Waals surface area (Å²) >= 11 is 22.8. The predicted octanol–water partition coefficient (Wildman–Crippen LogP) is 5.02. The van der Waals surface area contributed by atoms with Gasteiger partial charge in [-0.25, -0.2) is 0 Å². The van der Waals surface area contributed by atoms with Crippen molar-refractivity contribution in [2.24, 2.45) is 5.73 Å². The van der Waals surface area contributed by atoms with E-state index in [2.05, 4.69) is 5.32 Å². The molecule has 0 heterocycles. The van der Waals surface area contributed by atoms with Gasteiger partial charge in [0.1, 0.15) is 4.99 Å². The summed E-state index contributed by atoms with van der Waals surface area (Å²) in [5.74, 6) is 0. The monoisotopic (exact) mass is 330 g/mol. The molecule has 0 radical (unpaired) electrons. The van der Waals surface area contributed by atoms with Crippen molar-refractivity contribution < 1.29 is 0 Å². The summed E-state index contributed by atoms with van der Waals surface area (Å²) in [5, 5.41) is 4.72. The van der Waals surface area contributed by atoms with Crippen molar-refractivity contribution in [1.29, 1.82) is 0 Å². The van der Waals surface area contributed by atoms with Gasteiger partial charge in [0.05, 0.1) is 10.0 Å². The van der Waals surface area contributed by atoms with Crippen molar-refractivity contribution >= 4 is 63.4 Å². The van der Waals surface area contributed by atoms with Gasteiger partial charge in [-0.2, -0.15) is 0 Å². The van der Waals surface area contributed by atoms with Crippen molar-refractivity contribution in [3.05, 3.63) is 57.0 Å². The van der Waals surface area contributed by atoms with E-state index in [0.29, 0.717) is 20.6 Å². The molecule has 3 N–H and O–H groups in total. The molecule has 0 saturated heterocycles. The Hall–Kier alpha value is -1.000. The molecule has 0 spiro atoms. The summed E-state index contributed by atoms with van der Waals surface area (Å²) in [5.41, 5.74) is 7.90. The lowest BCUT2D eigenvalue weighted by Crippen LogP contribution is -2.11. The normalized spacial score (nSPS) is 10.3. The first-order valence-electron chi connectivity index (χ1n) is 5.29. The quantitative estimate of drug-likeness (QED) is 0.775. The molecule has 0 saturated carbocycles. The highest BCUT2D eigenvalue weighted by Gasteiger charge is 2.07. The molecular weight excluding hydrogens is 323 g/mol. The number of nitrogens with one attached hydrogen (secondary N) is 1. The van der Waals surface area contributed by atoms with Crippen LogP contribution in [-0.4, -0.2) is 4.99 Å². The highest BCUT2D eigenvalue weighted by Crippen LogP contribution is 2.29. The Kier molecular flexibility index (Phi) is 4.53. The zero-order valence-electron chi connectivity index (χ0n) is 9.58. The largest absolute Gasteiger partial charge is 0.389 e. The Morgan fingerprint density at radius 1 is 1.00 bits per heavy atom. The highest BCUT2D eigenvalue weighted by molar-refractivity contribution is 7.80. The van der Waals surface area contributed by atoms with Gasteiger partial charge in [-0.05, 0) is 36.4 Å². The van der Waals surface area contributed by atoms with E-state index in [-0.39, 0.29) is 4.99 Å². The maximum absolute atomic E-state index is 5.96. The van der Waals surface area contributed by atoms with Crippen LogP contribution in [0.4, 0.5) is 11.4 Å². The van der Waals surface area contributed by atoms with Crippen LogP contribution >= 0.6 is 47.0 Å². The molecule has 0 unspecified atom stereocenters. The van der Waals surface area contributed by atoms with Gasteiger partial charge in [0.15, 0.2) is 0 Å². The Morgan fingerprint density at radius 2 is 1.74 bits per heavy atom. The van der Waals surface area contributed by atoms with Crippen LogP contribution in [0.5, 0.6) is 0 Å². The van der Waals surface area contributed by atoms with Crippen molar-refractivity contribution in [1.82, 2.24) is 0 Å². The van der Waals surface area contributed by atoms with E-state index in [1.165, 1.54) is 0 Å². The van der Waals surface area contributed by atoms with Gasteiger partial charge in [0.2, 0.25) is 0 Å². The predicted molar refractivity (Wildman–Crippen MR) is 87.1 cm³/mol. The van der Waals surface area contributed by atoms with Gasteiger partial charge in [-0.1, -0.05) is 47.0 Å². The van der Waals surface area contributed by atoms with Crippen molar-refractivity contribution in [3.8, 4) is 0 Å². The van der Waals surface area contributed by atoms with E-state index in [9.17, 15) is 0 Å². The molecule has 0 aliphatic heterocycles. The lowest BCUT2D eigenvalue weighted by Gasteiger charge is -2.12. The lowest BCUT2D eigenvalue weighted by atomic mass is 10.1. The number of rotatable bonds is 3.